The molecule has 0 bridgehead atoms. The molecule has 0 radical (unpaired) electrons. The monoisotopic (exact) mass is 565 g/mol. The molecule has 3 aromatic carbocycles. The van der Waals surface area contributed by atoms with Gasteiger partial charge in [0.25, 0.3) is 10.0 Å². The fourth-order valence-electron chi connectivity index (χ4n) is 4.35. The fraction of sp³-hybridized carbons (Fsp3) is 0.276. The van der Waals surface area contributed by atoms with E-state index in [4.69, 9.17) is 19.2 Å². The van der Waals surface area contributed by atoms with E-state index in [1.807, 2.05) is 39.6 Å². The first-order valence-electron chi connectivity index (χ1n) is 12.9. The Morgan fingerprint density at radius 2 is 1.73 bits per heavy atom. The van der Waals surface area contributed by atoms with Gasteiger partial charge < -0.3 is 18.8 Å². The Balaban J connectivity index is 1.68. The fourth-order valence-corrected chi connectivity index (χ4v) is 5.47. The molecule has 0 aliphatic carbocycles. The Hall–Kier alpha value is -4.38. The van der Waals surface area contributed by atoms with Crippen LogP contribution in [0.4, 0.5) is 9.59 Å². The van der Waals surface area contributed by atoms with Crippen molar-refractivity contribution in [2.75, 3.05) is 13.7 Å². The SMILES string of the molecule is CCCCc1nc2cccc(OC(=O)OC)c2n1Cc1ccc(-c2ccccc2S(=O)(=O)NC(=O)OCC)cc1. The number of imidazole rings is 1. The lowest BCUT2D eigenvalue weighted by molar-refractivity contribution is 0.122. The highest BCUT2D eigenvalue weighted by atomic mass is 32.2. The molecule has 0 spiro atoms. The summed E-state index contributed by atoms with van der Waals surface area (Å²) in [5.74, 6) is 1.22. The number of benzene rings is 3. The largest absolute Gasteiger partial charge is 0.513 e. The third-order valence-electron chi connectivity index (χ3n) is 6.20. The third-order valence-corrected chi connectivity index (χ3v) is 7.57. The number of amides is 1. The number of para-hydroxylation sites is 1. The molecule has 0 atom stereocenters. The van der Waals surface area contributed by atoms with Gasteiger partial charge in [-0.15, -0.1) is 0 Å². The zero-order valence-corrected chi connectivity index (χ0v) is 23.4. The summed E-state index contributed by atoms with van der Waals surface area (Å²) in [4.78, 5) is 28.5. The number of hydrogen-bond donors (Lipinski definition) is 1. The predicted molar refractivity (Wildman–Crippen MR) is 150 cm³/mol. The zero-order chi connectivity index (χ0) is 28.7. The van der Waals surface area contributed by atoms with Gasteiger partial charge >= 0.3 is 12.2 Å². The number of hydrogen-bond acceptors (Lipinski definition) is 8. The van der Waals surface area contributed by atoms with E-state index in [9.17, 15) is 18.0 Å². The minimum absolute atomic E-state index is 0.0390. The number of fused-ring (bicyclic) bond motifs is 1. The van der Waals surface area contributed by atoms with Crippen LogP contribution < -0.4 is 9.46 Å². The Labute approximate surface area is 232 Å². The smallest absolute Gasteiger partial charge is 0.449 e. The van der Waals surface area contributed by atoms with Crippen molar-refractivity contribution >= 4 is 33.3 Å². The van der Waals surface area contributed by atoms with Crippen LogP contribution in [0.3, 0.4) is 0 Å². The molecule has 1 amide bonds. The second-order valence-corrected chi connectivity index (χ2v) is 10.6. The first kappa shape index (κ1) is 28.6. The van der Waals surface area contributed by atoms with Crippen LogP contribution in [0.2, 0.25) is 0 Å². The molecular formula is C29H31N3O7S. The van der Waals surface area contributed by atoms with Crippen molar-refractivity contribution in [1.82, 2.24) is 14.3 Å². The normalized spacial score (nSPS) is 11.3. The van der Waals surface area contributed by atoms with Crippen molar-refractivity contribution in [2.24, 2.45) is 0 Å². The van der Waals surface area contributed by atoms with Crippen LogP contribution in [-0.2, 0) is 32.5 Å². The molecule has 10 nitrogen and oxygen atoms in total. The zero-order valence-electron chi connectivity index (χ0n) is 22.5. The molecule has 40 heavy (non-hydrogen) atoms. The summed E-state index contributed by atoms with van der Waals surface area (Å²) < 4.78 is 44.6. The van der Waals surface area contributed by atoms with Gasteiger partial charge in [-0.1, -0.05) is 61.9 Å². The molecule has 0 fully saturated rings. The second-order valence-electron chi connectivity index (χ2n) is 8.92. The van der Waals surface area contributed by atoms with Gasteiger partial charge in [-0.25, -0.2) is 27.7 Å². The van der Waals surface area contributed by atoms with Gasteiger partial charge in [-0.05, 0) is 42.7 Å². The lowest BCUT2D eigenvalue weighted by atomic mass is 10.0. The number of methoxy groups -OCH3 is 1. The highest BCUT2D eigenvalue weighted by Crippen LogP contribution is 2.31. The van der Waals surface area contributed by atoms with Crippen LogP contribution in [0.5, 0.6) is 5.75 Å². The van der Waals surface area contributed by atoms with Crippen molar-refractivity contribution in [2.45, 2.75) is 44.6 Å². The van der Waals surface area contributed by atoms with Gasteiger partial charge in [0.05, 0.1) is 24.1 Å². The molecule has 1 aromatic heterocycles. The minimum Gasteiger partial charge on any atom is -0.449 e. The van der Waals surface area contributed by atoms with E-state index < -0.39 is 22.3 Å². The molecule has 0 saturated heterocycles. The molecule has 0 aliphatic heterocycles. The number of sulfonamides is 1. The van der Waals surface area contributed by atoms with Crippen molar-refractivity contribution in [3.05, 3.63) is 78.1 Å². The number of unbranched alkanes of at least 4 members (excludes halogenated alkanes) is 1. The maximum absolute atomic E-state index is 12.9. The topological polar surface area (TPSA) is 126 Å². The van der Waals surface area contributed by atoms with E-state index in [-0.39, 0.29) is 11.5 Å². The van der Waals surface area contributed by atoms with Crippen molar-refractivity contribution < 1.29 is 32.2 Å². The number of rotatable bonds is 10. The van der Waals surface area contributed by atoms with E-state index in [0.29, 0.717) is 34.5 Å². The van der Waals surface area contributed by atoms with Crippen LogP contribution in [0.15, 0.2) is 71.6 Å². The van der Waals surface area contributed by atoms with Crippen molar-refractivity contribution in [3.8, 4) is 16.9 Å². The molecule has 11 heteroatoms. The molecule has 1 N–H and O–H groups in total. The van der Waals surface area contributed by atoms with E-state index in [0.717, 1.165) is 30.7 Å². The van der Waals surface area contributed by atoms with Gasteiger partial charge in [-0.3, -0.25) is 0 Å². The van der Waals surface area contributed by atoms with Crippen LogP contribution in [0.25, 0.3) is 22.2 Å². The lowest BCUT2D eigenvalue weighted by Crippen LogP contribution is -2.31. The molecule has 1 heterocycles. The average molecular weight is 566 g/mol. The Morgan fingerprint density at radius 3 is 2.42 bits per heavy atom. The van der Waals surface area contributed by atoms with Crippen LogP contribution >= 0.6 is 0 Å². The number of nitrogens with one attached hydrogen (secondary N) is 1. The number of carbonyl (C=O) groups excluding carboxylic acids is 2. The highest BCUT2D eigenvalue weighted by molar-refractivity contribution is 7.90. The summed E-state index contributed by atoms with van der Waals surface area (Å²) in [5.41, 5.74) is 3.42. The predicted octanol–water partition coefficient (Wildman–Crippen LogP) is 5.67. The first-order chi connectivity index (χ1) is 19.3. The van der Waals surface area contributed by atoms with Gasteiger partial charge in [0.1, 0.15) is 11.3 Å². The number of nitrogens with zero attached hydrogens (tertiary/aromatic N) is 2. The molecular weight excluding hydrogens is 534 g/mol. The van der Waals surface area contributed by atoms with Gasteiger partial charge in [0.15, 0.2) is 5.75 Å². The number of carbonyl (C=O) groups is 2. The number of ether oxygens (including phenoxy) is 3. The molecule has 0 unspecified atom stereocenters. The van der Waals surface area contributed by atoms with E-state index in [1.165, 1.54) is 13.2 Å². The summed E-state index contributed by atoms with van der Waals surface area (Å²) >= 11 is 0. The first-order valence-corrected chi connectivity index (χ1v) is 14.4. The molecule has 0 saturated carbocycles. The highest BCUT2D eigenvalue weighted by Gasteiger charge is 2.22. The van der Waals surface area contributed by atoms with Crippen molar-refractivity contribution in [3.63, 3.8) is 0 Å². The summed E-state index contributed by atoms with van der Waals surface area (Å²) in [5, 5.41) is 0. The van der Waals surface area contributed by atoms with Crippen LogP contribution in [0, 0.1) is 0 Å². The van der Waals surface area contributed by atoms with Crippen LogP contribution in [-0.4, -0.2) is 43.9 Å². The van der Waals surface area contributed by atoms with Gasteiger partial charge in [-0.2, -0.15) is 0 Å². The van der Waals surface area contributed by atoms with E-state index in [1.54, 1.807) is 37.3 Å². The van der Waals surface area contributed by atoms with Gasteiger partial charge in [0.2, 0.25) is 0 Å². The number of aromatic nitrogens is 2. The quantitative estimate of drug-likeness (QED) is 0.192. The van der Waals surface area contributed by atoms with Crippen LogP contribution in [0.1, 0.15) is 38.1 Å². The lowest BCUT2D eigenvalue weighted by Gasteiger charge is -2.14. The maximum atomic E-state index is 12.9. The molecule has 210 valence electrons. The van der Waals surface area contributed by atoms with E-state index >= 15 is 0 Å². The molecule has 4 aromatic rings. The summed E-state index contributed by atoms with van der Waals surface area (Å²) in [6, 6.07) is 19.2. The molecule has 0 aliphatic rings. The Kier molecular flexibility index (Phi) is 9.05. The summed E-state index contributed by atoms with van der Waals surface area (Å²) in [6.07, 6.45) is 0.845. The Bertz CT molecular complexity index is 1610. The standard InChI is InChI=1S/C29H31N3O7S/c1-4-6-14-26-30-23-11-9-12-24(39-29(34)37-3)27(23)32(26)19-20-15-17-21(18-16-20)22-10-7-8-13-25(22)40(35,36)31-28(33)38-5-2/h7-13,15-18H,4-6,14,19H2,1-3H3,(H,31,33). The number of aryl methyl sites for hydroxylation is 1. The maximum Gasteiger partial charge on any atom is 0.513 e. The Morgan fingerprint density at radius 1 is 0.975 bits per heavy atom. The third kappa shape index (κ3) is 6.42. The van der Waals surface area contributed by atoms with Crippen molar-refractivity contribution in [1.29, 1.82) is 0 Å². The summed E-state index contributed by atoms with van der Waals surface area (Å²) in [6.45, 7) is 4.20. The second kappa shape index (κ2) is 12.6. The molecule has 4 rings (SSSR count). The minimum atomic E-state index is -4.16. The van der Waals surface area contributed by atoms with Gasteiger partial charge in [0, 0.05) is 18.5 Å². The average Bonchev–Trinajstić information content (AvgIpc) is 3.30. The summed E-state index contributed by atoms with van der Waals surface area (Å²) in [7, 11) is -2.90. The van der Waals surface area contributed by atoms with E-state index in [2.05, 4.69) is 6.92 Å².